The number of pyridine rings is 3. The summed E-state index contributed by atoms with van der Waals surface area (Å²) in [6.45, 7) is 18.6. The molecule has 9 aliphatic rings. The van der Waals surface area contributed by atoms with Crippen molar-refractivity contribution in [2.75, 3.05) is 39.3 Å². The van der Waals surface area contributed by atoms with E-state index in [4.69, 9.17) is 39.1 Å². The summed E-state index contributed by atoms with van der Waals surface area (Å²) >= 11 is 0. The fraction of sp³-hybridized carbons (Fsp3) is 0.393. The Bertz CT molecular complexity index is 2810. The smallest absolute Gasteiger partial charge is 0.323 e. The summed E-state index contributed by atoms with van der Waals surface area (Å²) in [5.41, 5.74) is 6.04. The van der Waals surface area contributed by atoms with Crippen LogP contribution in [0.3, 0.4) is 0 Å². The number of rotatable bonds is 15. The van der Waals surface area contributed by atoms with E-state index in [1.807, 2.05) is 30.7 Å². The number of aromatic nitrogens is 5. The van der Waals surface area contributed by atoms with Crippen LogP contribution in [0.15, 0.2) is 154 Å². The van der Waals surface area contributed by atoms with Gasteiger partial charge in [0.05, 0.1) is 40.7 Å². The van der Waals surface area contributed by atoms with Crippen LogP contribution in [0.1, 0.15) is 73.5 Å². The molecule has 0 amide bonds. The number of para-hydroxylation sites is 3. The molecular formula is C61H64N8O3. The lowest BCUT2D eigenvalue weighted by molar-refractivity contribution is -0.0436. The van der Waals surface area contributed by atoms with Gasteiger partial charge in [-0.1, -0.05) is 72.8 Å². The summed E-state index contributed by atoms with van der Waals surface area (Å²) in [6.07, 6.45) is 17.4. The molecule has 72 heavy (non-hydrogen) atoms. The maximum Gasteiger partial charge on any atom is 0.323 e. The van der Waals surface area contributed by atoms with Crippen molar-refractivity contribution in [1.82, 2.24) is 39.6 Å². The Morgan fingerprint density at radius 1 is 0.458 bits per heavy atom. The summed E-state index contributed by atoms with van der Waals surface area (Å²) in [6, 6.07) is 34.0. The first-order valence-electron chi connectivity index (χ1n) is 26.5. The highest BCUT2D eigenvalue weighted by molar-refractivity contribution is 5.84. The van der Waals surface area contributed by atoms with Gasteiger partial charge in [0.2, 0.25) is 11.8 Å². The highest BCUT2D eigenvalue weighted by Gasteiger charge is 2.47. The molecule has 7 aromatic rings. The maximum absolute atomic E-state index is 7.54. The Morgan fingerprint density at radius 3 is 1.14 bits per heavy atom. The van der Waals surface area contributed by atoms with E-state index in [1.54, 1.807) is 0 Å². The fourth-order valence-corrected chi connectivity index (χ4v) is 14.2. The largest absolute Gasteiger partial charge is 0.467 e. The minimum absolute atomic E-state index is 0.0713. The zero-order chi connectivity index (χ0) is 48.3. The standard InChI is InChI=1S/C61H64N8O3/c1-4-38-35-67-28-22-41(38)31-53(67)58(47-19-25-62-50-16-10-7-13-44(47)50)70-56-34-57(71-59(48-20-26-63-51-17-11-8-14-45(48)51)54-32-42-23-29-68(54)36-39(42)5-2)66-61(65-56)72-60(49-21-27-64-52-18-12-9-15-46(49)52)55-33-43-24-30-69(55)37-40(43)6-3/h4-21,25-27,34,38-43,53-55,58-60H,1-3,22-24,28-33,35-37H2/t38-,39+,40-,41?,42?,43?,53-,54+,55-,58?,59-,60?/m1/s1. The normalized spacial score (nSPS) is 30.7. The van der Waals surface area contributed by atoms with Gasteiger partial charge in [0.15, 0.2) is 0 Å². The van der Waals surface area contributed by atoms with Gasteiger partial charge in [0.1, 0.15) is 18.3 Å². The first-order valence-corrected chi connectivity index (χ1v) is 26.5. The second-order valence-corrected chi connectivity index (χ2v) is 21.4. The predicted octanol–water partition coefficient (Wildman–Crippen LogP) is 11.2. The molecule has 16 rings (SSSR count). The van der Waals surface area contributed by atoms with Crippen molar-refractivity contribution in [2.24, 2.45) is 35.5 Å². The third-order valence-electron chi connectivity index (χ3n) is 17.9. The first-order chi connectivity index (χ1) is 35.5. The average molecular weight is 957 g/mol. The third kappa shape index (κ3) is 8.23. The maximum atomic E-state index is 7.54. The third-order valence-corrected chi connectivity index (χ3v) is 17.9. The van der Waals surface area contributed by atoms with Crippen molar-refractivity contribution in [1.29, 1.82) is 0 Å². The van der Waals surface area contributed by atoms with E-state index in [9.17, 15) is 0 Å². The van der Waals surface area contributed by atoms with Gasteiger partial charge in [0.25, 0.3) is 0 Å². The van der Waals surface area contributed by atoms with E-state index < -0.39 is 6.10 Å². The number of hydrogen-bond donors (Lipinski definition) is 0. The molecule has 9 fully saturated rings. The molecule has 8 unspecified atom stereocenters. The Labute approximate surface area is 422 Å². The van der Waals surface area contributed by atoms with Crippen LogP contribution in [0.5, 0.6) is 17.8 Å². The molecule has 11 nitrogen and oxygen atoms in total. The molecule has 0 N–H and O–H groups in total. The Hall–Kier alpha value is -6.53. The lowest BCUT2D eigenvalue weighted by Crippen LogP contribution is -2.56. The van der Waals surface area contributed by atoms with E-state index >= 15 is 0 Å². The molecule has 0 saturated carbocycles. The summed E-state index contributed by atoms with van der Waals surface area (Å²) in [5, 5.41) is 3.20. The molecule has 4 aromatic heterocycles. The summed E-state index contributed by atoms with van der Waals surface area (Å²) in [5.74, 6) is 3.73. The van der Waals surface area contributed by atoms with Gasteiger partial charge in [0, 0.05) is 71.1 Å². The lowest BCUT2D eigenvalue weighted by atomic mass is 9.73. The number of nitrogens with zero attached hydrogens (tertiary/aromatic N) is 8. The second kappa shape index (κ2) is 19.1. The van der Waals surface area contributed by atoms with Crippen LogP contribution >= 0.6 is 0 Å². The van der Waals surface area contributed by atoms with Crippen molar-refractivity contribution >= 4 is 32.7 Å². The van der Waals surface area contributed by atoms with Crippen LogP contribution in [-0.2, 0) is 0 Å². The minimum Gasteiger partial charge on any atom is -0.467 e. The monoisotopic (exact) mass is 957 g/mol. The van der Waals surface area contributed by atoms with Crippen molar-refractivity contribution in [3.63, 3.8) is 0 Å². The summed E-state index contributed by atoms with van der Waals surface area (Å²) < 4.78 is 22.6. The summed E-state index contributed by atoms with van der Waals surface area (Å²) in [7, 11) is 0. The second-order valence-electron chi connectivity index (χ2n) is 21.4. The predicted molar refractivity (Wildman–Crippen MR) is 283 cm³/mol. The van der Waals surface area contributed by atoms with Gasteiger partial charge < -0.3 is 14.2 Å². The molecule has 13 heterocycles. The molecule has 9 saturated heterocycles. The van der Waals surface area contributed by atoms with Crippen molar-refractivity contribution in [2.45, 2.75) is 75.0 Å². The molecule has 0 aliphatic carbocycles. The fourth-order valence-electron chi connectivity index (χ4n) is 14.2. The van der Waals surface area contributed by atoms with Crippen molar-refractivity contribution in [3.8, 4) is 17.8 Å². The minimum atomic E-state index is -0.415. The molecule has 6 bridgehead atoms. The van der Waals surface area contributed by atoms with Crippen LogP contribution in [0.25, 0.3) is 32.7 Å². The van der Waals surface area contributed by atoms with Crippen LogP contribution in [-0.4, -0.2) is 97.0 Å². The SMILES string of the molecule is C=C[C@@H]1CN2CCC1C[C@@H]2C(Oc1cc(O[C@H](c2ccnc3ccccc23)[C@@H]2CC3CCN2C[C@@H]3C=C)nc(OC(c2ccnc3ccccc23)[C@H]2CC3CCN2C[C@H]3C=C)n1)c1ccnc2ccccc12. The zero-order valence-electron chi connectivity index (χ0n) is 41.0. The van der Waals surface area contributed by atoms with E-state index in [0.29, 0.717) is 47.3 Å². The zero-order valence-corrected chi connectivity index (χ0v) is 41.0. The van der Waals surface area contributed by atoms with Crippen LogP contribution in [0, 0.1) is 35.5 Å². The van der Waals surface area contributed by atoms with Gasteiger partial charge in [-0.05, 0) is 130 Å². The molecule has 3 aromatic carbocycles. The highest BCUT2D eigenvalue weighted by Crippen LogP contribution is 2.48. The first kappa shape index (κ1) is 45.3. The highest BCUT2D eigenvalue weighted by atomic mass is 16.5. The topological polar surface area (TPSA) is 102 Å². The van der Waals surface area contributed by atoms with Gasteiger partial charge in [-0.3, -0.25) is 29.7 Å². The van der Waals surface area contributed by atoms with E-state index in [2.05, 4.69) is 138 Å². The van der Waals surface area contributed by atoms with E-state index in [0.717, 1.165) is 127 Å². The quantitative estimate of drug-likeness (QED) is 0.0918. The van der Waals surface area contributed by atoms with Gasteiger partial charge in [-0.15, -0.1) is 19.7 Å². The Balaban J connectivity index is 0.961. The number of fused-ring (bicyclic) bond motifs is 12. The molecule has 0 spiro atoms. The van der Waals surface area contributed by atoms with Crippen molar-refractivity contribution in [3.05, 3.63) is 170 Å². The van der Waals surface area contributed by atoms with Gasteiger partial charge in [-0.25, -0.2) is 0 Å². The molecule has 11 heteroatoms. The Kier molecular flexibility index (Phi) is 12.1. The van der Waals surface area contributed by atoms with Crippen LogP contribution < -0.4 is 14.2 Å². The Morgan fingerprint density at radius 2 is 0.806 bits per heavy atom. The van der Waals surface area contributed by atoms with E-state index in [1.165, 1.54) is 0 Å². The molecule has 0 radical (unpaired) electrons. The van der Waals surface area contributed by atoms with Crippen molar-refractivity contribution < 1.29 is 14.2 Å². The molecule has 366 valence electrons. The molecule has 15 atom stereocenters. The van der Waals surface area contributed by atoms with Gasteiger partial charge in [-0.2, -0.15) is 9.97 Å². The molecule has 9 aliphatic heterocycles. The number of piperidine rings is 9. The van der Waals surface area contributed by atoms with Gasteiger partial charge >= 0.3 is 6.01 Å². The number of benzene rings is 3. The lowest BCUT2D eigenvalue weighted by Gasteiger charge is -2.51. The molecular weight excluding hydrogens is 893 g/mol. The number of hydrogen-bond acceptors (Lipinski definition) is 11. The average Bonchev–Trinajstić information content (AvgIpc) is 3.45. The number of ether oxygens (including phenoxy) is 3. The summed E-state index contributed by atoms with van der Waals surface area (Å²) in [4.78, 5) is 32.9. The van der Waals surface area contributed by atoms with Crippen LogP contribution in [0.4, 0.5) is 0 Å². The van der Waals surface area contributed by atoms with Crippen LogP contribution in [0.2, 0.25) is 0 Å². The van der Waals surface area contributed by atoms with E-state index in [-0.39, 0.29) is 36.3 Å².